The molecule has 1 fully saturated rings. The maximum absolute atomic E-state index is 11.1. The van der Waals surface area contributed by atoms with Crippen LogP contribution < -0.4 is 5.32 Å². The van der Waals surface area contributed by atoms with Crippen LogP contribution >= 0.6 is 15.9 Å². The van der Waals surface area contributed by atoms with E-state index in [0.717, 1.165) is 29.4 Å². The predicted molar refractivity (Wildman–Crippen MR) is 75.6 cm³/mol. The van der Waals surface area contributed by atoms with Gasteiger partial charge in [0, 0.05) is 17.1 Å². The monoisotopic (exact) mass is 311 g/mol. The van der Waals surface area contributed by atoms with Crippen molar-refractivity contribution in [2.24, 2.45) is 0 Å². The molecule has 1 aromatic rings. The summed E-state index contributed by atoms with van der Waals surface area (Å²) < 4.78 is 6.44. The molecule has 0 unspecified atom stereocenters. The molecule has 1 aliphatic rings. The molecule has 4 heteroatoms. The third-order valence-corrected chi connectivity index (χ3v) is 3.69. The Kier molecular flexibility index (Phi) is 4.64. The van der Waals surface area contributed by atoms with Gasteiger partial charge < -0.3 is 10.1 Å². The van der Waals surface area contributed by atoms with E-state index in [2.05, 4.69) is 21.2 Å². The van der Waals surface area contributed by atoms with E-state index in [0.29, 0.717) is 0 Å². The standard InChI is InChI=1S/C14H18BrNO2/c1-10(17)18-14-8-3-2-7-13(14)16-12-6-4-5-11(15)9-12/h4-6,9,13-14,16H,2-3,7-8H2,1H3/t13-,14-/m0/s1. The first-order valence-corrected chi connectivity index (χ1v) is 7.14. The van der Waals surface area contributed by atoms with Crippen LogP contribution in [0.2, 0.25) is 0 Å². The van der Waals surface area contributed by atoms with Gasteiger partial charge in [0.1, 0.15) is 6.10 Å². The van der Waals surface area contributed by atoms with E-state index < -0.39 is 0 Å². The maximum Gasteiger partial charge on any atom is 0.302 e. The van der Waals surface area contributed by atoms with E-state index in [1.54, 1.807) is 0 Å². The van der Waals surface area contributed by atoms with Crippen LogP contribution in [0.1, 0.15) is 32.6 Å². The smallest absolute Gasteiger partial charge is 0.302 e. The van der Waals surface area contributed by atoms with Crippen molar-refractivity contribution in [3.63, 3.8) is 0 Å². The number of rotatable bonds is 3. The average Bonchev–Trinajstić information content (AvgIpc) is 2.31. The van der Waals surface area contributed by atoms with Gasteiger partial charge >= 0.3 is 5.97 Å². The van der Waals surface area contributed by atoms with Gasteiger partial charge in [-0.05, 0) is 37.5 Å². The van der Waals surface area contributed by atoms with Gasteiger partial charge in [-0.2, -0.15) is 0 Å². The number of anilines is 1. The first kappa shape index (κ1) is 13.4. The summed E-state index contributed by atoms with van der Waals surface area (Å²) in [5, 5.41) is 3.47. The van der Waals surface area contributed by atoms with E-state index in [1.165, 1.54) is 13.3 Å². The zero-order valence-corrected chi connectivity index (χ0v) is 12.1. The lowest BCUT2D eigenvalue weighted by Crippen LogP contribution is -2.39. The first-order valence-electron chi connectivity index (χ1n) is 6.34. The summed E-state index contributed by atoms with van der Waals surface area (Å²) in [6.45, 7) is 1.48. The summed E-state index contributed by atoms with van der Waals surface area (Å²) in [6.07, 6.45) is 4.31. The number of carbonyl (C=O) groups excluding carboxylic acids is 1. The van der Waals surface area contributed by atoms with Crippen molar-refractivity contribution in [2.45, 2.75) is 44.8 Å². The van der Waals surface area contributed by atoms with Gasteiger partial charge in [-0.15, -0.1) is 0 Å². The van der Waals surface area contributed by atoms with Crippen molar-refractivity contribution in [1.29, 1.82) is 0 Å². The van der Waals surface area contributed by atoms with Crippen molar-refractivity contribution in [3.8, 4) is 0 Å². The highest BCUT2D eigenvalue weighted by Crippen LogP contribution is 2.25. The topological polar surface area (TPSA) is 38.3 Å². The quantitative estimate of drug-likeness (QED) is 0.864. The zero-order valence-electron chi connectivity index (χ0n) is 10.5. The summed E-state index contributed by atoms with van der Waals surface area (Å²) in [4.78, 5) is 11.1. The number of esters is 1. The van der Waals surface area contributed by atoms with E-state index in [-0.39, 0.29) is 18.1 Å². The summed E-state index contributed by atoms with van der Waals surface area (Å²) in [5.41, 5.74) is 1.06. The van der Waals surface area contributed by atoms with Crippen LogP contribution in [0.15, 0.2) is 28.7 Å². The highest BCUT2D eigenvalue weighted by Gasteiger charge is 2.27. The normalized spacial score (nSPS) is 23.4. The molecule has 0 bridgehead atoms. The number of ether oxygens (including phenoxy) is 1. The van der Waals surface area contributed by atoms with E-state index in [9.17, 15) is 4.79 Å². The van der Waals surface area contributed by atoms with Crippen LogP contribution in [0.3, 0.4) is 0 Å². The van der Waals surface area contributed by atoms with Crippen LogP contribution in [0.25, 0.3) is 0 Å². The molecule has 2 atom stereocenters. The van der Waals surface area contributed by atoms with Gasteiger partial charge in [0.15, 0.2) is 0 Å². The molecule has 3 nitrogen and oxygen atoms in total. The lowest BCUT2D eigenvalue weighted by atomic mass is 9.92. The Morgan fingerprint density at radius 1 is 1.39 bits per heavy atom. The SMILES string of the molecule is CC(=O)O[C@H]1CCCC[C@@H]1Nc1cccc(Br)c1. The fraction of sp³-hybridized carbons (Fsp3) is 0.500. The minimum atomic E-state index is -0.192. The summed E-state index contributed by atoms with van der Waals surface area (Å²) in [6, 6.07) is 8.28. The fourth-order valence-electron chi connectivity index (χ4n) is 2.41. The second-order valence-electron chi connectivity index (χ2n) is 4.69. The van der Waals surface area contributed by atoms with Crippen molar-refractivity contribution < 1.29 is 9.53 Å². The van der Waals surface area contributed by atoms with Crippen molar-refractivity contribution in [2.75, 3.05) is 5.32 Å². The molecule has 1 saturated carbocycles. The molecular weight excluding hydrogens is 294 g/mol. The lowest BCUT2D eigenvalue weighted by molar-refractivity contribution is -0.148. The molecule has 0 spiro atoms. The van der Waals surface area contributed by atoms with Crippen LogP contribution in [-0.4, -0.2) is 18.1 Å². The van der Waals surface area contributed by atoms with Gasteiger partial charge in [-0.3, -0.25) is 4.79 Å². The molecular formula is C14H18BrNO2. The average molecular weight is 312 g/mol. The van der Waals surface area contributed by atoms with Crippen molar-refractivity contribution >= 4 is 27.6 Å². The Morgan fingerprint density at radius 2 is 2.17 bits per heavy atom. The Labute approximate surface area is 116 Å². The second-order valence-corrected chi connectivity index (χ2v) is 5.61. The minimum absolute atomic E-state index is 0.00442. The van der Waals surface area contributed by atoms with Gasteiger partial charge in [0.05, 0.1) is 6.04 Å². The van der Waals surface area contributed by atoms with E-state index in [4.69, 9.17) is 4.74 Å². The molecule has 0 aliphatic heterocycles. The highest BCUT2D eigenvalue weighted by molar-refractivity contribution is 9.10. The molecule has 0 amide bonds. The summed E-state index contributed by atoms with van der Waals surface area (Å²) in [7, 11) is 0. The number of hydrogen-bond acceptors (Lipinski definition) is 3. The molecule has 98 valence electrons. The van der Waals surface area contributed by atoms with Gasteiger partial charge in [0.25, 0.3) is 0 Å². The third-order valence-electron chi connectivity index (χ3n) is 3.20. The molecule has 2 rings (SSSR count). The summed E-state index contributed by atoms with van der Waals surface area (Å²) >= 11 is 3.46. The molecule has 1 aromatic carbocycles. The molecule has 0 radical (unpaired) electrons. The number of nitrogens with one attached hydrogen (secondary N) is 1. The number of carbonyl (C=O) groups is 1. The predicted octanol–water partition coefficient (Wildman–Crippen LogP) is 3.74. The minimum Gasteiger partial charge on any atom is -0.460 e. The first-order chi connectivity index (χ1) is 8.65. The number of hydrogen-bond donors (Lipinski definition) is 1. The third kappa shape index (κ3) is 3.73. The number of halogens is 1. The maximum atomic E-state index is 11.1. The van der Waals surface area contributed by atoms with Crippen LogP contribution in [0.4, 0.5) is 5.69 Å². The largest absolute Gasteiger partial charge is 0.460 e. The molecule has 1 N–H and O–H groups in total. The molecule has 0 saturated heterocycles. The molecule has 0 aromatic heterocycles. The van der Waals surface area contributed by atoms with Crippen molar-refractivity contribution in [3.05, 3.63) is 28.7 Å². The Hall–Kier alpha value is -1.03. The summed E-state index contributed by atoms with van der Waals surface area (Å²) in [5.74, 6) is -0.192. The second kappa shape index (κ2) is 6.23. The molecule has 18 heavy (non-hydrogen) atoms. The van der Waals surface area contributed by atoms with Crippen LogP contribution in [-0.2, 0) is 9.53 Å². The van der Waals surface area contributed by atoms with E-state index >= 15 is 0 Å². The Balaban J connectivity index is 2.03. The van der Waals surface area contributed by atoms with E-state index in [1.807, 2.05) is 24.3 Å². The van der Waals surface area contributed by atoms with Crippen molar-refractivity contribution in [1.82, 2.24) is 0 Å². The van der Waals surface area contributed by atoms with Crippen LogP contribution in [0.5, 0.6) is 0 Å². The van der Waals surface area contributed by atoms with Gasteiger partial charge in [0.2, 0.25) is 0 Å². The van der Waals surface area contributed by atoms with Gasteiger partial charge in [-0.25, -0.2) is 0 Å². The van der Waals surface area contributed by atoms with Gasteiger partial charge in [-0.1, -0.05) is 28.4 Å². The molecule has 0 heterocycles. The fourth-order valence-corrected chi connectivity index (χ4v) is 2.81. The lowest BCUT2D eigenvalue weighted by Gasteiger charge is -2.32. The molecule has 1 aliphatic carbocycles. The van der Waals surface area contributed by atoms with Crippen LogP contribution in [0, 0.1) is 0 Å². The zero-order chi connectivity index (χ0) is 13.0. The Bertz CT molecular complexity index is 422. The Morgan fingerprint density at radius 3 is 2.89 bits per heavy atom. The highest BCUT2D eigenvalue weighted by atomic mass is 79.9. The number of benzene rings is 1.